The van der Waals surface area contributed by atoms with Crippen molar-refractivity contribution < 1.29 is 9.53 Å². The van der Waals surface area contributed by atoms with Gasteiger partial charge in [-0.3, -0.25) is 4.79 Å². The molecule has 6 heteroatoms. The van der Waals surface area contributed by atoms with E-state index in [2.05, 4.69) is 14.7 Å². The van der Waals surface area contributed by atoms with Gasteiger partial charge < -0.3 is 4.74 Å². The van der Waals surface area contributed by atoms with Crippen LogP contribution in [0.1, 0.15) is 5.82 Å². The molecule has 0 unspecified atom stereocenters. The van der Waals surface area contributed by atoms with E-state index in [1.807, 2.05) is 22.6 Å². The van der Waals surface area contributed by atoms with E-state index >= 15 is 0 Å². The van der Waals surface area contributed by atoms with Gasteiger partial charge in [0.25, 0.3) is 0 Å². The van der Waals surface area contributed by atoms with Crippen LogP contribution >= 0.6 is 34.2 Å². The first-order valence-electron chi connectivity index (χ1n) is 3.24. The van der Waals surface area contributed by atoms with Crippen LogP contribution in [0.25, 0.3) is 0 Å². The lowest BCUT2D eigenvalue weighted by molar-refractivity contribution is -0.136. The molecule has 0 saturated carbocycles. The highest BCUT2D eigenvalue weighted by molar-refractivity contribution is 14.1. The molecule has 1 heterocycles. The second kappa shape index (κ2) is 4.71. The third-order valence-electron chi connectivity index (χ3n) is 1.18. The Morgan fingerprint density at radius 3 is 2.54 bits per heavy atom. The van der Waals surface area contributed by atoms with Gasteiger partial charge in [0.2, 0.25) is 3.92 Å². The maximum absolute atomic E-state index is 11.0. The molecule has 13 heavy (non-hydrogen) atoms. The van der Waals surface area contributed by atoms with Crippen LogP contribution in [0.4, 0.5) is 0 Å². The van der Waals surface area contributed by atoms with E-state index in [0.29, 0.717) is 14.8 Å². The fourth-order valence-electron chi connectivity index (χ4n) is 0.607. The first-order valence-corrected chi connectivity index (χ1v) is 4.69. The highest BCUT2D eigenvalue weighted by Gasteiger charge is 2.21. The molecule has 69 valence electrons. The van der Waals surface area contributed by atoms with Crippen molar-refractivity contribution in [2.45, 2.75) is 0 Å². The van der Waals surface area contributed by atoms with E-state index < -0.39 is 5.97 Å². The Labute approximate surface area is 93.8 Å². The van der Waals surface area contributed by atoms with Crippen LogP contribution < -0.4 is 0 Å². The summed E-state index contributed by atoms with van der Waals surface area (Å²) in [4.78, 5) is 18.7. The van der Waals surface area contributed by atoms with Crippen molar-refractivity contribution in [2.24, 2.45) is 0 Å². The molecule has 0 N–H and O–H groups in total. The van der Waals surface area contributed by atoms with Gasteiger partial charge in [-0.15, -0.1) is 0 Å². The van der Waals surface area contributed by atoms with Crippen LogP contribution in [-0.2, 0) is 9.53 Å². The molecule has 1 radical (unpaired) electrons. The van der Waals surface area contributed by atoms with Gasteiger partial charge in [-0.25, -0.2) is 9.97 Å². The van der Waals surface area contributed by atoms with Crippen molar-refractivity contribution in [3.05, 3.63) is 27.2 Å². The summed E-state index contributed by atoms with van der Waals surface area (Å²) in [5.41, 5.74) is 0. The normalized spacial score (nSPS) is 10.2. The summed E-state index contributed by atoms with van der Waals surface area (Å²) in [6.45, 7) is 0. The monoisotopic (exact) mass is 311 g/mol. The van der Waals surface area contributed by atoms with Crippen LogP contribution in [0, 0.1) is 3.92 Å². The molecule has 0 bridgehead atoms. The van der Waals surface area contributed by atoms with E-state index in [9.17, 15) is 4.79 Å². The summed E-state index contributed by atoms with van der Waals surface area (Å²) in [7, 11) is 1.30. The highest BCUT2D eigenvalue weighted by Crippen LogP contribution is 2.19. The van der Waals surface area contributed by atoms with E-state index in [1.165, 1.54) is 19.5 Å². The lowest BCUT2D eigenvalue weighted by Gasteiger charge is -2.03. The number of aromatic nitrogens is 2. The smallest absolute Gasteiger partial charge is 0.332 e. The van der Waals surface area contributed by atoms with Crippen molar-refractivity contribution in [2.75, 3.05) is 7.11 Å². The van der Waals surface area contributed by atoms with Crippen molar-refractivity contribution in [3.8, 4) is 0 Å². The average molecular weight is 311 g/mol. The first-order chi connectivity index (χ1) is 6.15. The fourth-order valence-corrected chi connectivity index (χ4v) is 1.20. The van der Waals surface area contributed by atoms with Gasteiger partial charge in [-0.05, 0) is 0 Å². The predicted molar refractivity (Wildman–Crippen MR) is 55.4 cm³/mol. The lowest BCUT2D eigenvalue weighted by Crippen LogP contribution is -2.11. The maximum atomic E-state index is 11.0. The zero-order valence-electron chi connectivity index (χ0n) is 6.62. The van der Waals surface area contributed by atoms with E-state index in [0.717, 1.165) is 0 Å². The van der Waals surface area contributed by atoms with Gasteiger partial charge in [-0.2, -0.15) is 0 Å². The van der Waals surface area contributed by atoms with Crippen LogP contribution in [0.5, 0.6) is 0 Å². The Balaban J connectivity index is 2.83. The molecule has 0 aliphatic rings. The van der Waals surface area contributed by atoms with Crippen molar-refractivity contribution in [1.29, 1.82) is 0 Å². The van der Waals surface area contributed by atoms with Gasteiger partial charge in [0.05, 0.1) is 12.1 Å². The minimum Gasteiger partial charge on any atom is -0.468 e. The van der Waals surface area contributed by atoms with Gasteiger partial charge in [0.1, 0.15) is 0 Å². The topological polar surface area (TPSA) is 52.1 Å². The summed E-state index contributed by atoms with van der Waals surface area (Å²) >= 11 is 7.40. The molecule has 0 spiro atoms. The molecular formula is C7H5ClIN2O2. The minimum atomic E-state index is -0.456. The third kappa shape index (κ3) is 2.77. The first kappa shape index (κ1) is 10.6. The van der Waals surface area contributed by atoms with Crippen LogP contribution in [-0.4, -0.2) is 23.0 Å². The van der Waals surface area contributed by atoms with Crippen molar-refractivity contribution in [1.82, 2.24) is 9.97 Å². The molecule has 0 atom stereocenters. The zero-order valence-corrected chi connectivity index (χ0v) is 9.53. The van der Waals surface area contributed by atoms with Crippen LogP contribution in [0.15, 0.2) is 12.4 Å². The van der Waals surface area contributed by atoms with Gasteiger partial charge in [0.15, 0.2) is 5.82 Å². The van der Waals surface area contributed by atoms with Gasteiger partial charge >= 0.3 is 5.97 Å². The summed E-state index contributed by atoms with van der Waals surface area (Å²) in [6, 6.07) is 0. The number of rotatable bonds is 2. The molecule has 0 saturated heterocycles. The molecule has 1 aromatic heterocycles. The lowest BCUT2D eigenvalue weighted by atomic mass is 10.4. The third-order valence-corrected chi connectivity index (χ3v) is 2.30. The minimum absolute atomic E-state index is 0.317. The molecule has 0 aliphatic carbocycles. The maximum Gasteiger partial charge on any atom is 0.332 e. The number of carbonyl (C=O) groups is 1. The molecular weight excluding hydrogens is 306 g/mol. The second-order valence-electron chi connectivity index (χ2n) is 2.03. The van der Waals surface area contributed by atoms with Crippen molar-refractivity contribution >= 4 is 40.2 Å². The molecule has 1 rings (SSSR count). The number of hydrogen-bond acceptors (Lipinski definition) is 4. The highest BCUT2D eigenvalue weighted by atomic mass is 127. The number of ether oxygens (including phenoxy) is 1. The largest absolute Gasteiger partial charge is 0.468 e. The molecule has 0 amide bonds. The molecule has 0 aliphatic heterocycles. The summed E-state index contributed by atoms with van der Waals surface area (Å²) < 4.78 is 4.83. The quantitative estimate of drug-likeness (QED) is 0.615. The van der Waals surface area contributed by atoms with Crippen molar-refractivity contribution in [3.63, 3.8) is 0 Å². The Bertz CT molecular complexity index is 304. The SMILES string of the molecule is COC(=O)[C](I)c1ncc(Cl)cn1. The Morgan fingerprint density at radius 2 is 2.08 bits per heavy atom. The predicted octanol–water partition coefficient (Wildman–Crippen LogP) is 1.62. The fraction of sp³-hybridized carbons (Fsp3) is 0.143. The molecule has 1 aromatic rings. The number of nitrogens with zero attached hydrogens (tertiary/aromatic N) is 2. The van der Waals surface area contributed by atoms with E-state index in [1.54, 1.807) is 0 Å². The van der Waals surface area contributed by atoms with Gasteiger partial charge in [0, 0.05) is 12.4 Å². The Morgan fingerprint density at radius 1 is 1.54 bits per heavy atom. The number of hydrogen-bond donors (Lipinski definition) is 0. The van der Waals surface area contributed by atoms with Gasteiger partial charge in [-0.1, -0.05) is 34.2 Å². The Hall–Kier alpha value is -0.430. The number of carbonyl (C=O) groups excluding carboxylic acids is 1. The summed E-state index contributed by atoms with van der Waals surface area (Å²) in [5.74, 6) is -0.139. The molecule has 4 nitrogen and oxygen atoms in total. The van der Waals surface area contributed by atoms with E-state index in [-0.39, 0.29) is 0 Å². The standard InChI is InChI=1S/C7H5ClIN2O2/c1-13-7(12)5(9)6-10-2-4(8)3-11-6/h2-3H,1H3. The average Bonchev–Trinajstić information content (AvgIpc) is 2.17. The number of methoxy groups -OCH3 is 1. The summed E-state index contributed by atoms with van der Waals surface area (Å²) in [6.07, 6.45) is 2.84. The zero-order chi connectivity index (χ0) is 9.84. The van der Waals surface area contributed by atoms with Crippen LogP contribution in [0.2, 0.25) is 5.02 Å². The van der Waals surface area contributed by atoms with E-state index in [4.69, 9.17) is 11.6 Å². The molecule has 0 aromatic carbocycles. The van der Waals surface area contributed by atoms with Crippen LogP contribution in [0.3, 0.4) is 0 Å². The number of esters is 1. The Kier molecular flexibility index (Phi) is 3.86. The summed E-state index contributed by atoms with van der Waals surface area (Å²) in [5, 5.41) is 0.429. The second-order valence-corrected chi connectivity index (χ2v) is 3.55. The number of halogens is 2. The molecule has 0 fully saturated rings.